The molecular weight excluding hydrogens is 615 g/mol. The van der Waals surface area contributed by atoms with Gasteiger partial charge in [0.05, 0.1) is 23.1 Å². The number of benzene rings is 2. The van der Waals surface area contributed by atoms with Crippen molar-refractivity contribution in [2.45, 2.75) is 163 Å². The third kappa shape index (κ3) is 13.7. The van der Waals surface area contributed by atoms with Crippen LogP contribution in [0.4, 0.5) is 0 Å². The fraction of sp³-hybridized carbons (Fsp3) is 0.578. The Balaban J connectivity index is 0.00000105. The number of rotatable bonds is 16. The predicted molar refractivity (Wildman–Crippen MR) is 221 cm³/mol. The van der Waals surface area contributed by atoms with Gasteiger partial charge < -0.3 is 0 Å². The quantitative estimate of drug-likeness (QED) is 0.105. The van der Waals surface area contributed by atoms with Gasteiger partial charge in [0.15, 0.2) is 0 Å². The second-order valence-corrected chi connectivity index (χ2v) is 15.2. The van der Waals surface area contributed by atoms with Crippen molar-refractivity contribution in [1.82, 2.24) is 0 Å². The summed E-state index contributed by atoms with van der Waals surface area (Å²) < 4.78 is 0. The van der Waals surface area contributed by atoms with Gasteiger partial charge in [-0.2, -0.15) is 5.26 Å². The molecule has 3 rings (SSSR count). The van der Waals surface area contributed by atoms with Crippen molar-refractivity contribution < 1.29 is 0 Å². The summed E-state index contributed by atoms with van der Waals surface area (Å²) >= 11 is 1.71. The van der Waals surface area contributed by atoms with E-state index >= 15 is 0 Å². The van der Waals surface area contributed by atoms with Gasteiger partial charge in [0, 0.05) is 10.5 Å². The van der Waals surface area contributed by atoms with Crippen LogP contribution in [0.5, 0.6) is 0 Å². The molecule has 0 spiro atoms. The Bertz CT molecular complexity index is 1420. The first kappa shape index (κ1) is 44.1. The van der Waals surface area contributed by atoms with E-state index < -0.39 is 0 Å². The van der Waals surface area contributed by atoms with Crippen molar-refractivity contribution in [2.75, 3.05) is 6.26 Å². The lowest BCUT2D eigenvalue weighted by atomic mass is 9.81. The van der Waals surface area contributed by atoms with E-state index in [0.29, 0.717) is 16.7 Å². The van der Waals surface area contributed by atoms with Gasteiger partial charge in [0.1, 0.15) is 0 Å². The lowest BCUT2D eigenvalue weighted by molar-refractivity contribution is 0.587. The molecule has 0 saturated carbocycles. The number of allylic oxidation sites excluding steroid dienone is 4. The highest BCUT2D eigenvalue weighted by Crippen LogP contribution is 2.38. The standard InChI is InChI=1S/C35H45N3S.C8H18.C2H6/c1-8-9-10-11-12-13-14-24-19-27(35(4,5)6)16-18-28(24)29-17-15-25(21-31(29)39-7)30-20-26(22-36)32(23(2)3)34(38)33(30)37;1-3-5-7-8-6-4-2;1-2/h15-21,23,37-38H,8-14H2,1-7H3;3-8H2,1-2H3;1-2H3. The minimum absolute atomic E-state index is 0.0237. The van der Waals surface area contributed by atoms with Gasteiger partial charge in [0.25, 0.3) is 0 Å². The number of unbranched alkanes of at least 4 members (excludes halogenated alkanes) is 10. The van der Waals surface area contributed by atoms with E-state index in [1.54, 1.807) is 17.8 Å². The highest BCUT2D eigenvalue weighted by atomic mass is 32.2. The molecule has 1 aliphatic rings. The van der Waals surface area contributed by atoms with Crippen molar-refractivity contribution >= 4 is 28.8 Å². The lowest BCUT2D eigenvalue weighted by Crippen LogP contribution is -2.24. The smallest absolute Gasteiger partial charge is 0.0995 e. The molecular formula is C45H69N3S. The molecule has 0 fully saturated rings. The molecule has 0 aromatic heterocycles. The van der Waals surface area contributed by atoms with Crippen LogP contribution in [-0.4, -0.2) is 17.7 Å². The molecule has 4 heteroatoms. The highest BCUT2D eigenvalue weighted by Gasteiger charge is 2.27. The van der Waals surface area contributed by atoms with Gasteiger partial charge >= 0.3 is 0 Å². The van der Waals surface area contributed by atoms with E-state index in [2.05, 4.69) is 90.3 Å². The topological polar surface area (TPSA) is 71.5 Å². The average molecular weight is 684 g/mol. The molecule has 270 valence electrons. The van der Waals surface area contributed by atoms with Gasteiger partial charge in [-0.3, -0.25) is 10.8 Å². The number of nitrogens with one attached hydrogen (secondary N) is 2. The van der Waals surface area contributed by atoms with Crippen LogP contribution in [0.3, 0.4) is 0 Å². The summed E-state index contributed by atoms with van der Waals surface area (Å²) in [6.45, 7) is 21.5. The van der Waals surface area contributed by atoms with E-state index in [1.807, 2.05) is 27.7 Å². The van der Waals surface area contributed by atoms with Gasteiger partial charge in [-0.05, 0) is 76.0 Å². The van der Waals surface area contributed by atoms with Crippen molar-refractivity contribution in [2.24, 2.45) is 5.92 Å². The van der Waals surface area contributed by atoms with Crippen LogP contribution >= 0.6 is 11.8 Å². The summed E-state index contributed by atoms with van der Waals surface area (Å²) in [4.78, 5) is 1.15. The number of nitrogens with zero attached hydrogens (tertiary/aromatic N) is 1. The van der Waals surface area contributed by atoms with Crippen LogP contribution in [0.2, 0.25) is 0 Å². The maximum absolute atomic E-state index is 9.79. The zero-order chi connectivity index (χ0) is 37.0. The van der Waals surface area contributed by atoms with Crippen LogP contribution in [-0.2, 0) is 11.8 Å². The largest absolute Gasteiger partial charge is 0.298 e. The first-order valence-corrected chi connectivity index (χ1v) is 20.5. The van der Waals surface area contributed by atoms with Crippen LogP contribution in [0, 0.1) is 28.1 Å². The Kier molecular flexibility index (Phi) is 21.2. The molecule has 0 heterocycles. The zero-order valence-electron chi connectivity index (χ0n) is 33.2. The fourth-order valence-electron chi connectivity index (χ4n) is 6.18. The normalized spacial score (nSPS) is 13.0. The first-order chi connectivity index (χ1) is 23.4. The van der Waals surface area contributed by atoms with E-state index in [4.69, 9.17) is 10.8 Å². The van der Waals surface area contributed by atoms with Crippen molar-refractivity contribution in [3.63, 3.8) is 0 Å². The summed E-state index contributed by atoms with van der Waals surface area (Å²) in [5, 5.41) is 27.1. The number of hydrogen-bond acceptors (Lipinski definition) is 4. The number of thioether (sulfide) groups is 1. The molecule has 2 aromatic carbocycles. The summed E-state index contributed by atoms with van der Waals surface area (Å²) in [5.41, 5.74) is 8.41. The third-order valence-electron chi connectivity index (χ3n) is 9.10. The molecule has 0 saturated heterocycles. The van der Waals surface area contributed by atoms with Crippen molar-refractivity contribution in [3.05, 3.63) is 70.3 Å². The highest BCUT2D eigenvalue weighted by molar-refractivity contribution is 7.98. The first-order valence-electron chi connectivity index (χ1n) is 19.3. The molecule has 0 amide bonds. The zero-order valence-corrected chi connectivity index (χ0v) is 34.0. The van der Waals surface area contributed by atoms with Gasteiger partial charge in [-0.15, -0.1) is 11.8 Å². The van der Waals surface area contributed by atoms with E-state index in [0.717, 1.165) is 16.9 Å². The van der Waals surface area contributed by atoms with E-state index in [-0.39, 0.29) is 22.8 Å². The molecule has 0 radical (unpaired) electrons. The Morgan fingerprint density at radius 1 is 0.735 bits per heavy atom. The monoisotopic (exact) mass is 684 g/mol. The van der Waals surface area contributed by atoms with Crippen molar-refractivity contribution in [3.8, 4) is 17.2 Å². The predicted octanol–water partition coefficient (Wildman–Crippen LogP) is 14.6. The summed E-state index contributed by atoms with van der Waals surface area (Å²) in [7, 11) is 0. The summed E-state index contributed by atoms with van der Waals surface area (Å²) in [5.74, 6) is 0.0237. The summed E-state index contributed by atoms with van der Waals surface area (Å²) in [6, 6.07) is 15.6. The lowest BCUT2D eigenvalue weighted by Gasteiger charge is -2.24. The average Bonchev–Trinajstić information content (AvgIpc) is 3.09. The Hall–Kier alpha value is -2.90. The SMILES string of the molecule is CC.CCCCCCCC.CCCCCCCCc1cc(C(C)(C)C)ccc1-c1ccc(C2=CC(C#N)=C(C(C)C)C(=N)C2=N)cc1SC. The maximum atomic E-state index is 9.79. The van der Waals surface area contributed by atoms with Crippen LogP contribution in [0.25, 0.3) is 16.7 Å². The molecule has 0 aliphatic heterocycles. The number of aryl methyl sites for hydroxylation is 1. The fourth-order valence-corrected chi connectivity index (χ4v) is 6.82. The van der Waals surface area contributed by atoms with Gasteiger partial charge in [-0.1, -0.05) is 170 Å². The second kappa shape index (κ2) is 23.5. The minimum atomic E-state index is 0.0237. The number of hydrogen-bond donors (Lipinski definition) is 2. The molecule has 0 atom stereocenters. The molecule has 2 aromatic rings. The molecule has 1 aliphatic carbocycles. The third-order valence-corrected chi connectivity index (χ3v) is 9.87. The molecule has 49 heavy (non-hydrogen) atoms. The molecule has 0 bridgehead atoms. The maximum Gasteiger partial charge on any atom is 0.0995 e. The van der Waals surface area contributed by atoms with Crippen LogP contribution < -0.4 is 0 Å². The Morgan fingerprint density at radius 3 is 1.76 bits per heavy atom. The van der Waals surface area contributed by atoms with E-state index in [1.165, 1.54) is 99.3 Å². The molecule has 2 N–H and O–H groups in total. The second-order valence-electron chi connectivity index (χ2n) is 14.4. The Morgan fingerprint density at radius 2 is 1.27 bits per heavy atom. The van der Waals surface area contributed by atoms with E-state index in [9.17, 15) is 5.26 Å². The van der Waals surface area contributed by atoms with Gasteiger partial charge in [-0.25, -0.2) is 0 Å². The Labute approximate surface area is 306 Å². The van der Waals surface area contributed by atoms with Crippen LogP contribution in [0.15, 0.2) is 58.5 Å². The number of nitriles is 1. The van der Waals surface area contributed by atoms with Gasteiger partial charge in [0.2, 0.25) is 0 Å². The molecule has 3 nitrogen and oxygen atoms in total. The van der Waals surface area contributed by atoms with Crippen LogP contribution in [0.1, 0.15) is 163 Å². The minimum Gasteiger partial charge on any atom is -0.298 e. The molecule has 0 unspecified atom stereocenters. The van der Waals surface area contributed by atoms with Crippen molar-refractivity contribution in [1.29, 1.82) is 16.1 Å². The summed E-state index contributed by atoms with van der Waals surface area (Å²) in [6.07, 6.45) is 21.2.